The minimum Gasteiger partial charge on any atom is -0.493 e. The lowest BCUT2D eigenvalue weighted by atomic mass is 10.1. The van der Waals surface area contributed by atoms with E-state index in [0.29, 0.717) is 30.3 Å². The minimum atomic E-state index is -0.000719. The number of methoxy groups -OCH3 is 3. The van der Waals surface area contributed by atoms with Gasteiger partial charge in [0.25, 0.3) is 0 Å². The van der Waals surface area contributed by atoms with Gasteiger partial charge in [0.1, 0.15) is 0 Å². The van der Waals surface area contributed by atoms with E-state index < -0.39 is 0 Å². The van der Waals surface area contributed by atoms with Gasteiger partial charge in [-0.3, -0.25) is 9.69 Å². The maximum atomic E-state index is 12.1. The molecule has 142 valence electrons. The van der Waals surface area contributed by atoms with Crippen LogP contribution in [0.4, 0.5) is 0 Å². The lowest BCUT2D eigenvalue weighted by Crippen LogP contribution is -2.44. The summed E-state index contributed by atoms with van der Waals surface area (Å²) in [5.41, 5.74) is 6.77. The molecule has 0 atom stereocenters. The molecule has 0 radical (unpaired) electrons. The third-order valence-electron chi connectivity index (χ3n) is 4.21. The predicted octanol–water partition coefficient (Wildman–Crippen LogP) is 1.17. The van der Waals surface area contributed by atoms with Gasteiger partial charge in [0.15, 0.2) is 11.5 Å². The van der Waals surface area contributed by atoms with Gasteiger partial charge < -0.3 is 25.3 Å². The molecule has 1 amide bonds. The van der Waals surface area contributed by atoms with Gasteiger partial charge in [-0.1, -0.05) is 0 Å². The van der Waals surface area contributed by atoms with E-state index in [1.165, 1.54) is 0 Å². The van der Waals surface area contributed by atoms with Gasteiger partial charge in [-0.2, -0.15) is 0 Å². The number of amides is 1. The zero-order chi connectivity index (χ0) is 17.5. The molecule has 0 bridgehead atoms. The molecule has 3 N–H and O–H groups in total. The highest BCUT2D eigenvalue weighted by Crippen LogP contribution is 2.38. The van der Waals surface area contributed by atoms with Crippen molar-refractivity contribution in [1.82, 2.24) is 10.2 Å². The first-order valence-electron chi connectivity index (χ1n) is 8.11. The maximum Gasteiger partial charge on any atom is 0.234 e. The average molecular weight is 374 g/mol. The molecule has 2 rings (SSSR count). The van der Waals surface area contributed by atoms with Crippen LogP contribution < -0.4 is 25.3 Å². The van der Waals surface area contributed by atoms with E-state index in [1.54, 1.807) is 21.3 Å². The number of nitrogens with two attached hydrogens (primary N) is 1. The Morgan fingerprint density at radius 2 is 1.72 bits per heavy atom. The SMILES string of the molecule is COc1cc(CNC(=O)CN2CCC(N)CC2)cc(OC)c1OC.Cl. The molecule has 1 aromatic rings. The van der Waals surface area contributed by atoms with Crippen molar-refractivity contribution in [2.24, 2.45) is 5.73 Å². The van der Waals surface area contributed by atoms with E-state index in [-0.39, 0.29) is 24.4 Å². The molecule has 0 aliphatic carbocycles. The van der Waals surface area contributed by atoms with Gasteiger partial charge in [0.2, 0.25) is 11.7 Å². The Morgan fingerprint density at radius 1 is 1.16 bits per heavy atom. The summed E-state index contributed by atoms with van der Waals surface area (Å²) in [6.07, 6.45) is 1.89. The fraction of sp³-hybridized carbons (Fsp3) is 0.588. The van der Waals surface area contributed by atoms with E-state index in [1.807, 2.05) is 12.1 Å². The number of piperidine rings is 1. The zero-order valence-corrected chi connectivity index (χ0v) is 15.9. The molecule has 1 heterocycles. The van der Waals surface area contributed by atoms with Crippen LogP contribution in [0.25, 0.3) is 0 Å². The summed E-state index contributed by atoms with van der Waals surface area (Å²) in [7, 11) is 4.70. The number of carbonyl (C=O) groups excluding carboxylic acids is 1. The Balaban J connectivity index is 0.00000312. The predicted molar refractivity (Wildman–Crippen MR) is 98.8 cm³/mol. The molecule has 0 saturated carbocycles. The van der Waals surface area contributed by atoms with Gasteiger partial charge in [0, 0.05) is 25.7 Å². The van der Waals surface area contributed by atoms with Crippen molar-refractivity contribution in [2.45, 2.75) is 25.4 Å². The highest BCUT2D eigenvalue weighted by molar-refractivity contribution is 5.85. The number of benzene rings is 1. The van der Waals surface area contributed by atoms with Gasteiger partial charge in [0.05, 0.1) is 27.9 Å². The molecule has 1 aliphatic heterocycles. The molecule has 0 spiro atoms. The van der Waals surface area contributed by atoms with E-state index in [9.17, 15) is 4.79 Å². The van der Waals surface area contributed by atoms with Gasteiger partial charge in [-0.25, -0.2) is 0 Å². The first-order valence-corrected chi connectivity index (χ1v) is 8.11. The summed E-state index contributed by atoms with van der Waals surface area (Å²) in [6.45, 7) is 2.55. The number of likely N-dealkylation sites (tertiary alicyclic amines) is 1. The Bertz CT molecular complexity index is 538. The normalized spacial score (nSPS) is 15.2. The molecular formula is C17H28ClN3O4. The number of rotatable bonds is 7. The molecule has 25 heavy (non-hydrogen) atoms. The van der Waals surface area contributed by atoms with Gasteiger partial charge in [-0.05, 0) is 30.5 Å². The zero-order valence-electron chi connectivity index (χ0n) is 15.0. The Kier molecular flexibility index (Phi) is 8.82. The number of halogens is 1. The van der Waals surface area contributed by atoms with Crippen molar-refractivity contribution in [3.8, 4) is 17.2 Å². The number of ether oxygens (including phenoxy) is 3. The van der Waals surface area contributed by atoms with Crippen molar-refractivity contribution >= 4 is 18.3 Å². The minimum absolute atomic E-state index is 0. The second-order valence-corrected chi connectivity index (χ2v) is 5.92. The largest absolute Gasteiger partial charge is 0.493 e. The third kappa shape index (κ3) is 5.95. The van der Waals surface area contributed by atoms with Gasteiger partial charge in [-0.15, -0.1) is 12.4 Å². The second kappa shape index (κ2) is 10.3. The summed E-state index contributed by atoms with van der Waals surface area (Å²) in [5.74, 6) is 1.69. The molecule has 0 aromatic heterocycles. The molecule has 0 unspecified atom stereocenters. The van der Waals surface area contributed by atoms with Crippen LogP contribution in [-0.2, 0) is 11.3 Å². The van der Waals surface area contributed by atoms with Gasteiger partial charge >= 0.3 is 0 Å². The van der Waals surface area contributed by atoms with Crippen molar-refractivity contribution in [3.05, 3.63) is 17.7 Å². The van der Waals surface area contributed by atoms with E-state index in [2.05, 4.69) is 10.2 Å². The van der Waals surface area contributed by atoms with Crippen LogP contribution in [0.1, 0.15) is 18.4 Å². The summed E-state index contributed by atoms with van der Waals surface area (Å²) < 4.78 is 15.9. The molecule has 7 nitrogen and oxygen atoms in total. The number of nitrogens with zero attached hydrogens (tertiary/aromatic N) is 1. The third-order valence-corrected chi connectivity index (χ3v) is 4.21. The number of hydrogen-bond acceptors (Lipinski definition) is 6. The quantitative estimate of drug-likeness (QED) is 0.746. The first-order chi connectivity index (χ1) is 11.6. The number of carbonyl (C=O) groups is 1. The van der Waals surface area contributed by atoms with E-state index >= 15 is 0 Å². The van der Waals surface area contributed by atoms with E-state index in [4.69, 9.17) is 19.9 Å². The topological polar surface area (TPSA) is 86.1 Å². The van der Waals surface area contributed by atoms with Crippen molar-refractivity contribution < 1.29 is 19.0 Å². The molecule has 1 aromatic carbocycles. The summed E-state index contributed by atoms with van der Waals surface area (Å²) in [5, 5.41) is 2.93. The Hall–Kier alpha value is -1.70. The van der Waals surface area contributed by atoms with E-state index in [0.717, 1.165) is 31.5 Å². The Morgan fingerprint density at radius 3 is 2.20 bits per heavy atom. The maximum absolute atomic E-state index is 12.1. The molecule has 1 aliphatic rings. The summed E-state index contributed by atoms with van der Waals surface area (Å²) >= 11 is 0. The Labute approximate surface area is 155 Å². The summed E-state index contributed by atoms with van der Waals surface area (Å²) in [4.78, 5) is 14.3. The molecule has 1 fully saturated rings. The molecular weight excluding hydrogens is 346 g/mol. The van der Waals surface area contributed by atoms with Crippen molar-refractivity contribution in [1.29, 1.82) is 0 Å². The smallest absolute Gasteiger partial charge is 0.234 e. The highest BCUT2D eigenvalue weighted by Gasteiger charge is 2.18. The fourth-order valence-corrected chi connectivity index (χ4v) is 2.81. The lowest BCUT2D eigenvalue weighted by Gasteiger charge is -2.29. The molecule has 1 saturated heterocycles. The van der Waals surface area contributed by atoms with Crippen molar-refractivity contribution in [3.63, 3.8) is 0 Å². The molecule has 8 heteroatoms. The average Bonchev–Trinajstić information content (AvgIpc) is 2.60. The van der Waals surface area contributed by atoms with Crippen LogP contribution in [0.15, 0.2) is 12.1 Å². The van der Waals surface area contributed by atoms with Crippen LogP contribution in [0, 0.1) is 0 Å². The lowest BCUT2D eigenvalue weighted by molar-refractivity contribution is -0.122. The monoisotopic (exact) mass is 373 g/mol. The second-order valence-electron chi connectivity index (χ2n) is 5.92. The fourth-order valence-electron chi connectivity index (χ4n) is 2.81. The first kappa shape index (κ1) is 21.3. The highest BCUT2D eigenvalue weighted by atomic mass is 35.5. The number of hydrogen-bond donors (Lipinski definition) is 2. The number of nitrogens with one attached hydrogen (secondary N) is 1. The van der Waals surface area contributed by atoms with Crippen LogP contribution >= 0.6 is 12.4 Å². The van der Waals surface area contributed by atoms with Crippen LogP contribution in [0.5, 0.6) is 17.2 Å². The standard InChI is InChI=1S/C17H27N3O4.ClH/c1-22-14-8-12(9-15(23-2)17(14)24-3)10-19-16(21)11-20-6-4-13(18)5-7-20;/h8-9,13H,4-7,10-11,18H2,1-3H3,(H,19,21);1H. The van der Waals surface area contributed by atoms with Crippen LogP contribution in [0.3, 0.4) is 0 Å². The van der Waals surface area contributed by atoms with Crippen LogP contribution in [0.2, 0.25) is 0 Å². The summed E-state index contributed by atoms with van der Waals surface area (Å²) in [6, 6.07) is 3.94. The van der Waals surface area contributed by atoms with Crippen LogP contribution in [-0.4, -0.2) is 57.8 Å². The van der Waals surface area contributed by atoms with Crippen molar-refractivity contribution in [2.75, 3.05) is 41.0 Å².